The first kappa shape index (κ1) is 17.8. The van der Waals surface area contributed by atoms with Crippen molar-refractivity contribution in [3.63, 3.8) is 0 Å². The number of benzene rings is 1. The van der Waals surface area contributed by atoms with E-state index in [4.69, 9.17) is 11.6 Å². The van der Waals surface area contributed by atoms with Crippen molar-refractivity contribution >= 4 is 29.3 Å². The summed E-state index contributed by atoms with van der Waals surface area (Å²) in [5.41, 5.74) is 0.913. The van der Waals surface area contributed by atoms with Gasteiger partial charge in [0.15, 0.2) is 0 Å². The summed E-state index contributed by atoms with van der Waals surface area (Å²) >= 11 is 7.17. The molecule has 0 aliphatic rings. The molecule has 0 radical (unpaired) electrons. The van der Waals surface area contributed by atoms with Gasteiger partial charge in [-0.1, -0.05) is 35.5 Å². The predicted molar refractivity (Wildman–Crippen MR) is 92.2 cm³/mol. The molecule has 1 aromatic heterocycles. The molecule has 6 heteroatoms. The highest BCUT2D eigenvalue weighted by atomic mass is 35.5. The monoisotopic (exact) mass is 352 g/mol. The second-order valence-electron chi connectivity index (χ2n) is 5.01. The van der Waals surface area contributed by atoms with E-state index in [1.165, 1.54) is 23.9 Å². The van der Waals surface area contributed by atoms with Crippen molar-refractivity contribution in [3.8, 4) is 0 Å². The average molecular weight is 353 g/mol. The first-order valence-electron chi connectivity index (χ1n) is 7.30. The summed E-state index contributed by atoms with van der Waals surface area (Å²) in [5, 5.41) is 1.33. The number of carbonyl (C=O) groups excluding carboxylic acids is 1. The fourth-order valence-corrected chi connectivity index (χ4v) is 3.09. The van der Waals surface area contributed by atoms with Crippen LogP contribution < -0.4 is 0 Å². The standard InChI is InChI=1S/C17H18ClFN2OS/c1-3-21(12(2)13-4-7-15(19)8-5-13)17(22)11-23-16-9-6-14(18)10-20-16/h4-10,12H,3,11H2,1-2H3. The van der Waals surface area contributed by atoms with Crippen LogP contribution in [0.5, 0.6) is 0 Å². The largest absolute Gasteiger partial charge is 0.335 e. The SMILES string of the molecule is CCN(C(=O)CSc1ccc(Cl)cn1)C(C)c1ccc(F)cc1. The minimum absolute atomic E-state index is 0.0195. The van der Waals surface area contributed by atoms with Gasteiger partial charge in [-0.15, -0.1) is 0 Å². The quantitative estimate of drug-likeness (QED) is 0.714. The predicted octanol–water partition coefficient (Wildman–Crippen LogP) is 4.58. The zero-order valence-electron chi connectivity index (χ0n) is 13.0. The Balaban J connectivity index is 2.00. The second kappa shape index (κ2) is 8.31. The Hall–Kier alpha value is -1.59. The first-order valence-corrected chi connectivity index (χ1v) is 8.67. The van der Waals surface area contributed by atoms with Crippen LogP contribution in [0.15, 0.2) is 47.6 Å². The zero-order valence-corrected chi connectivity index (χ0v) is 14.6. The Morgan fingerprint density at radius 1 is 1.30 bits per heavy atom. The van der Waals surface area contributed by atoms with Crippen LogP contribution in [0.25, 0.3) is 0 Å². The van der Waals surface area contributed by atoms with Crippen molar-refractivity contribution in [3.05, 3.63) is 59.0 Å². The fraction of sp³-hybridized carbons (Fsp3) is 0.294. The molecule has 23 heavy (non-hydrogen) atoms. The Morgan fingerprint density at radius 2 is 2.00 bits per heavy atom. The molecule has 1 unspecified atom stereocenters. The summed E-state index contributed by atoms with van der Waals surface area (Å²) in [6.45, 7) is 4.47. The molecule has 0 bridgehead atoms. The van der Waals surface area contributed by atoms with Crippen LogP contribution in [0.1, 0.15) is 25.5 Å². The molecular weight excluding hydrogens is 335 g/mol. The fourth-order valence-electron chi connectivity index (χ4n) is 2.25. The Labute approximate surface area is 144 Å². The van der Waals surface area contributed by atoms with Crippen LogP contribution in [0.4, 0.5) is 4.39 Å². The highest BCUT2D eigenvalue weighted by Gasteiger charge is 2.20. The lowest BCUT2D eigenvalue weighted by molar-refractivity contribution is -0.130. The summed E-state index contributed by atoms with van der Waals surface area (Å²) in [7, 11) is 0. The van der Waals surface area contributed by atoms with Gasteiger partial charge in [-0.2, -0.15) is 0 Å². The molecule has 1 heterocycles. The highest BCUT2D eigenvalue weighted by molar-refractivity contribution is 7.99. The summed E-state index contributed by atoms with van der Waals surface area (Å²) in [5.74, 6) is 0.0411. The molecular formula is C17H18ClFN2OS. The molecule has 0 spiro atoms. The number of halogens is 2. The molecule has 0 fully saturated rings. The lowest BCUT2D eigenvalue weighted by atomic mass is 10.1. The topological polar surface area (TPSA) is 33.2 Å². The van der Waals surface area contributed by atoms with Gasteiger partial charge in [0.25, 0.3) is 0 Å². The van der Waals surface area contributed by atoms with E-state index in [1.807, 2.05) is 13.8 Å². The number of rotatable bonds is 6. The van der Waals surface area contributed by atoms with E-state index in [-0.39, 0.29) is 17.8 Å². The van der Waals surface area contributed by atoms with Gasteiger partial charge in [-0.3, -0.25) is 4.79 Å². The van der Waals surface area contributed by atoms with E-state index < -0.39 is 0 Å². The Morgan fingerprint density at radius 3 is 2.57 bits per heavy atom. The summed E-state index contributed by atoms with van der Waals surface area (Å²) in [6, 6.07) is 9.69. The zero-order chi connectivity index (χ0) is 16.8. The van der Waals surface area contributed by atoms with Gasteiger partial charge in [-0.05, 0) is 43.7 Å². The van der Waals surface area contributed by atoms with Crippen molar-refractivity contribution in [2.75, 3.05) is 12.3 Å². The number of hydrogen-bond acceptors (Lipinski definition) is 3. The van der Waals surface area contributed by atoms with E-state index in [0.717, 1.165) is 10.6 Å². The second-order valence-corrected chi connectivity index (χ2v) is 6.44. The minimum atomic E-state index is -0.278. The highest BCUT2D eigenvalue weighted by Crippen LogP contribution is 2.23. The van der Waals surface area contributed by atoms with Crippen LogP contribution in [0.2, 0.25) is 5.02 Å². The maximum atomic E-state index is 13.0. The number of nitrogens with zero attached hydrogens (tertiary/aromatic N) is 2. The molecule has 0 saturated heterocycles. The van der Waals surface area contributed by atoms with Crippen LogP contribution in [0.3, 0.4) is 0 Å². The number of amides is 1. The van der Waals surface area contributed by atoms with E-state index >= 15 is 0 Å². The smallest absolute Gasteiger partial charge is 0.233 e. The summed E-state index contributed by atoms with van der Waals surface area (Å²) < 4.78 is 13.0. The van der Waals surface area contributed by atoms with E-state index in [9.17, 15) is 9.18 Å². The van der Waals surface area contributed by atoms with Crippen molar-refractivity contribution in [2.24, 2.45) is 0 Å². The molecule has 0 saturated carbocycles. The molecule has 0 aliphatic carbocycles. The lowest BCUT2D eigenvalue weighted by Gasteiger charge is -2.28. The van der Waals surface area contributed by atoms with Gasteiger partial charge in [0.1, 0.15) is 5.82 Å². The number of aromatic nitrogens is 1. The van der Waals surface area contributed by atoms with Crippen LogP contribution in [-0.4, -0.2) is 28.1 Å². The van der Waals surface area contributed by atoms with Gasteiger partial charge < -0.3 is 4.90 Å². The summed E-state index contributed by atoms with van der Waals surface area (Å²) in [4.78, 5) is 18.4. The third kappa shape index (κ3) is 4.94. The van der Waals surface area contributed by atoms with Crippen LogP contribution in [-0.2, 0) is 4.79 Å². The molecule has 0 N–H and O–H groups in total. The third-order valence-corrected chi connectivity index (χ3v) is 4.68. The van der Waals surface area contributed by atoms with Gasteiger partial charge in [-0.25, -0.2) is 9.37 Å². The molecule has 122 valence electrons. The van der Waals surface area contributed by atoms with E-state index in [0.29, 0.717) is 17.3 Å². The van der Waals surface area contributed by atoms with E-state index in [1.54, 1.807) is 35.4 Å². The van der Waals surface area contributed by atoms with Crippen LogP contribution in [0, 0.1) is 5.82 Å². The Bertz CT molecular complexity index is 649. The van der Waals surface area contributed by atoms with Gasteiger partial charge in [0.05, 0.1) is 21.8 Å². The Kier molecular flexibility index (Phi) is 6.42. The normalized spacial score (nSPS) is 12.0. The molecule has 1 aromatic carbocycles. The maximum absolute atomic E-state index is 13.0. The minimum Gasteiger partial charge on any atom is -0.335 e. The van der Waals surface area contributed by atoms with Gasteiger partial charge in [0.2, 0.25) is 5.91 Å². The maximum Gasteiger partial charge on any atom is 0.233 e. The number of pyridine rings is 1. The third-order valence-electron chi connectivity index (χ3n) is 3.52. The number of thioether (sulfide) groups is 1. The molecule has 1 amide bonds. The molecule has 1 atom stereocenters. The van der Waals surface area contributed by atoms with Gasteiger partial charge in [0, 0.05) is 12.7 Å². The molecule has 2 aromatic rings. The molecule has 0 aliphatic heterocycles. The molecule has 2 rings (SSSR count). The van der Waals surface area contributed by atoms with Crippen molar-refractivity contribution in [2.45, 2.75) is 24.9 Å². The van der Waals surface area contributed by atoms with E-state index in [2.05, 4.69) is 4.98 Å². The van der Waals surface area contributed by atoms with Crippen LogP contribution >= 0.6 is 23.4 Å². The lowest BCUT2D eigenvalue weighted by Crippen LogP contribution is -2.34. The van der Waals surface area contributed by atoms with Gasteiger partial charge >= 0.3 is 0 Å². The van der Waals surface area contributed by atoms with Crippen molar-refractivity contribution in [1.29, 1.82) is 0 Å². The first-order chi connectivity index (χ1) is 11.0. The number of hydrogen-bond donors (Lipinski definition) is 0. The molecule has 3 nitrogen and oxygen atoms in total. The van der Waals surface area contributed by atoms with Crippen molar-refractivity contribution in [1.82, 2.24) is 9.88 Å². The van der Waals surface area contributed by atoms with Crippen molar-refractivity contribution < 1.29 is 9.18 Å². The number of carbonyl (C=O) groups is 1. The average Bonchev–Trinajstić information content (AvgIpc) is 2.55. The summed E-state index contributed by atoms with van der Waals surface area (Å²) in [6.07, 6.45) is 1.56.